The fourth-order valence-corrected chi connectivity index (χ4v) is 1.55. The van der Waals surface area contributed by atoms with Gasteiger partial charge in [-0.2, -0.15) is 0 Å². The van der Waals surface area contributed by atoms with Crippen molar-refractivity contribution in [3.63, 3.8) is 0 Å². The van der Waals surface area contributed by atoms with E-state index >= 15 is 0 Å². The predicted octanol–water partition coefficient (Wildman–Crippen LogP) is 2.10. The first-order valence-corrected chi connectivity index (χ1v) is 4.70. The van der Waals surface area contributed by atoms with Gasteiger partial charge in [0, 0.05) is 0 Å². The van der Waals surface area contributed by atoms with Crippen LogP contribution in [0.5, 0.6) is 5.75 Å². The van der Waals surface area contributed by atoms with Gasteiger partial charge >= 0.3 is 0 Å². The Morgan fingerprint density at radius 3 is 2.77 bits per heavy atom. The van der Waals surface area contributed by atoms with Gasteiger partial charge in [0.05, 0.1) is 11.6 Å². The average molecular weight is 248 g/mol. The molecule has 1 aromatic rings. The van der Waals surface area contributed by atoms with Crippen molar-refractivity contribution in [2.75, 3.05) is 13.7 Å². The lowest BCUT2D eigenvalue weighted by Crippen LogP contribution is -2.05. The maximum absolute atomic E-state index is 13.2. The van der Waals surface area contributed by atoms with E-state index in [2.05, 4.69) is 15.9 Å². The summed E-state index contributed by atoms with van der Waals surface area (Å²) >= 11 is 3.20. The van der Waals surface area contributed by atoms with Gasteiger partial charge in [0.25, 0.3) is 0 Å². The van der Waals surface area contributed by atoms with Crippen LogP contribution in [0, 0.1) is 5.82 Å². The van der Waals surface area contributed by atoms with Crippen LogP contribution >= 0.6 is 15.9 Å². The molecule has 0 saturated carbocycles. The molecule has 0 saturated heterocycles. The highest BCUT2D eigenvalue weighted by Gasteiger charge is 2.07. The van der Waals surface area contributed by atoms with E-state index in [1.165, 1.54) is 6.07 Å². The fourth-order valence-electron chi connectivity index (χ4n) is 1.07. The SMILES string of the molecule is COc1cc(CCN)c(F)cc1Br. The first-order valence-electron chi connectivity index (χ1n) is 3.91. The Morgan fingerprint density at radius 2 is 2.23 bits per heavy atom. The summed E-state index contributed by atoms with van der Waals surface area (Å²) < 4.78 is 18.9. The van der Waals surface area contributed by atoms with Gasteiger partial charge in [-0.15, -0.1) is 0 Å². The molecule has 72 valence electrons. The minimum absolute atomic E-state index is 0.252. The molecule has 0 aliphatic carbocycles. The first-order chi connectivity index (χ1) is 6.19. The van der Waals surface area contributed by atoms with Gasteiger partial charge in [-0.3, -0.25) is 0 Å². The number of hydrogen-bond acceptors (Lipinski definition) is 2. The molecule has 0 fully saturated rings. The number of halogens is 2. The van der Waals surface area contributed by atoms with Crippen LogP contribution in [-0.2, 0) is 6.42 Å². The van der Waals surface area contributed by atoms with Crippen molar-refractivity contribution in [2.45, 2.75) is 6.42 Å². The third kappa shape index (κ3) is 2.42. The molecule has 0 aliphatic rings. The minimum Gasteiger partial charge on any atom is -0.496 e. The van der Waals surface area contributed by atoms with Gasteiger partial charge in [0.15, 0.2) is 0 Å². The maximum atomic E-state index is 13.2. The van der Waals surface area contributed by atoms with Crippen LogP contribution in [0.1, 0.15) is 5.56 Å². The lowest BCUT2D eigenvalue weighted by Gasteiger charge is -2.07. The van der Waals surface area contributed by atoms with Crippen molar-refractivity contribution in [3.8, 4) is 5.75 Å². The lowest BCUT2D eigenvalue weighted by atomic mass is 10.1. The van der Waals surface area contributed by atoms with Crippen molar-refractivity contribution in [3.05, 3.63) is 28.0 Å². The normalized spacial score (nSPS) is 10.2. The van der Waals surface area contributed by atoms with Gasteiger partial charge in [-0.1, -0.05) is 0 Å². The Kier molecular flexibility index (Phi) is 3.69. The summed E-state index contributed by atoms with van der Waals surface area (Å²) in [7, 11) is 1.55. The van der Waals surface area contributed by atoms with Crippen LogP contribution in [0.15, 0.2) is 16.6 Å². The number of hydrogen-bond donors (Lipinski definition) is 1. The van der Waals surface area contributed by atoms with E-state index in [9.17, 15) is 4.39 Å². The Morgan fingerprint density at radius 1 is 1.54 bits per heavy atom. The topological polar surface area (TPSA) is 35.2 Å². The van der Waals surface area contributed by atoms with Gasteiger partial charge in [0.2, 0.25) is 0 Å². The van der Waals surface area contributed by atoms with E-state index in [1.54, 1.807) is 13.2 Å². The molecule has 4 heteroatoms. The average Bonchev–Trinajstić information content (AvgIpc) is 2.10. The largest absolute Gasteiger partial charge is 0.496 e. The van der Waals surface area contributed by atoms with E-state index < -0.39 is 0 Å². The number of methoxy groups -OCH3 is 1. The molecule has 0 unspecified atom stereocenters. The van der Waals surface area contributed by atoms with Gasteiger partial charge in [0.1, 0.15) is 11.6 Å². The van der Waals surface area contributed by atoms with Gasteiger partial charge < -0.3 is 10.5 Å². The first kappa shape index (κ1) is 10.5. The molecule has 0 aromatic heterocycles. The van der Waals surface area contributed by atoms with Crippen LogP contribution in [-0.4, -0.2) is 13.7 Å². The third-order valence-corrected chi connectivity index (χ3v) is 2.35. The zero-order valence-corrected chi connectivity index (χ0v) is 8.90. The maximum Gasteiger partial charge on any atom is 0.133 e. The van der Waals surface area contributed by atoms with Crippen molar-refractivity contribution in [2.24, 2.45) is 5.73 Å². The number of nitrogens with two attached hydrogens (primary N) is 1. The quantitative estimate of drug-likeness (QED) is 0.888. The Balaban J connectivity index is 3.06. The van der Waals surface area contributed by atoms with E-state index in [0.29, 0.717) is 28.8 Å². The smallest absolute Gasteiger partial charge is 0.133 e. The number of ether oxygens (including phenoxy) is 1. The molecule has 0 aliphatic heterocycles. The van der Waals surface area contributed by atoms with Gasteiger partial charge in [-0.05, 0) is 46.6 Å². The van der Waals surface area contributed by atoms with E-state index in [1.807, 2.05) is 0 Å². The molecule has 0 amide bonds. The molecular formula is C9H11BrFNO. The molecular weight excluding hydrogens is 237 g/mol. The van der Waals surface area contributed by atoms with E-state index in [0.717, 1.165) is 0 Å². The van der Waals surface area contributed by atoms with Crippen LogP contribution in [0.3, 0.4) is 0 Å². The van der Waals surface area contributed by atoms with Gasteiger partial charge in [-0.25, -0.2) is 4.39 Å². The zero-order valence-electron chi connectivity index (χ0n) is 7.31. The predicted molar refractivity (Wildman–Crippen MR) is 53.4 cm³/mol. The molecule has 1 rings (SSSR count). The summed E-state index contributed by atoms with van der Waals surface area (Å²) in [6.07, 6.45) is 0.523. The lowest BCUT2D eigenvalue weighted by molar-refractivity contribution is 0.410. The highest BCUT2D eigenvalue weighted by Crippen LogP contribution is 2.27. The highest BCUT2D eigenvalue weighted by molar-refractivity contribution is 9.10. The van der Waals surface area contributed by atoms with Crippen LogP contribution in [0.2, 0.25) is 0 Å². The number of rotatable bonds is 3. The zero-order chi connectivity index (χ0) is 9.84. The molecule has 13 heavy (non-hydrogen) atoms. The highest BCUT2D eigenvalue weighted by atomic mass is 79.9. The molecule has 1 aromatic carbocycles. The Labute approximate surface area is 85.0 Å². The van der Waals surface area contributed by atoms with Crippen molar-refractivity contribution >= 4 is 15.9 Å². The third-order valence-electron chi connectivity index (χ3n) is 1.73. The van der Waals surface area contributed by atoms with Crippen LogP contribution in [0.25, 0.3) is 0 Å². The summed E-state index contributed by atoms with van der Waals surface area (Å²) in [5.74, 6) is 0.378. The summed E-state index contributed by atoms with van der Waals surface area (Å²) in [6.45, 7) is 0.432. The molecule has 0 heterocycles. The van der Waals surface area contributed by atoms with Crippen LogP contribution < -0.4 is 10.5 Å². The van der Waals surface area contributed by atoms with Crippen molar-refractivity contribution in [1.29, 1.82) is 0 Å². The van der Waals surface area contributed by atoms with Crippen LogP contribution in [0.4, 0.5) is 4.39 Å². The molecule has 0 bridgehead atoms. The Bertz CT molecular complexity index is 304. The second-order valence-corrected chi connectivity index (χ2v) is 3.47. The molecule has 2 N–H and O–H groups in total. The second kappa shape index (κ2) is 4.58. The summed E-state index contributed by atoms with van der Waals surface area (Å²) in [5, 5.41) is 0. The monoisotopic (exact) mass is 247 g/mol. The minimum atomic E-state index is -0.252. The standard InChI is InChI=1S/C9H11BrFNO/c1-13-9-4-6(2-3-12)8(11)5-7(9)10/h4-5H,2-3,12H2,1H3. The summed E-state index contributed by atoms with van der Waals surface area (Å²) in [5.41, 5.74) is 5.93. The molecule has 2 nitrogen and oxygen atoms in total. The van der Waals surface area contributed by atoms with Crippen molar-refractivity contribution < 1.29 is 9.13 Å². The second-order valence-electron chi connectivity index (χ2n) is 2.62. The number of benzene rings is 1. The molecule has 0 atom stereocenters. The van der Waals surface area contributed by atoms with E-state index in [4.69, 9.17) is 10.5 Å². The summed E-state index contributed by atoms with van der Waals surface area (Å²) in [6, 6.07) is 3.05. The van der Waals surface area contributed by atoms with Crippen molar-refractivity contribution in [1.82, 2.24) is 0 Å². The molecule has 0 spiro atoms. The Hall–Kier alpha value is -0.610. The summed E-state index contributed by atoms with van der Waals surface area (Å²) in [4.78, 5) is 0. The molecule has 0 radical (unpaired) electrons. The van der Waals surface area contributed by atoms with E-state index in [-0.39, 0.29) is 5.82 Å². The fraction of sp³-hybridized carbons (Fsp3) is 0.333.